The Bertz CT molecular complexity index is 509. The van der Waals surface area contributed by atoms with Crippen LogP contribution in [0.3, 0.4) is 0 Å². The van der Waals surface area contributed by atoms with Gasteiger partial charge in [0.2, 0.25) is 5.91 Å². The maximum absolute atomic E-state index is 13.3. The zero-order valence-electron chi connectivity index (χ0n) is 12.0. The molecule has 116 valence electrons. The van der Waals surface area contributed by atoms with E-state index in [0.29, 0.717) is 0 Å². The standard InChI is InChI=1S/C14H19F2N3O2/c1-3-9(2)18-12(20)7-8-17-14(21)19-11-6-4-5-10(15)13(11)16/h4-6,9H,3,7-8H2,1-2H3,(H,18,20)(H2,17,19,21). The predicted molar refractivity (Wildman–Crippen MR) is 75.9 cm³/mol. The molecule has 0 fully saturated rings. The third kappa shape index (κ3) is 5.76. The lowest BCUT2D eigenvalue weighted by Crippen LogP contribution is -2.36. The van der Waals surface area contributed by atoms with Gasteiger partial charge in [0.1, 0.15) is 0 Å². The summed E-state index contributed by atoms with van der Waals surface area (Å²) < 4.78 is 26.3. The van der Waals surface area contributed by atoms with Gasteiger partial charge in [-0.3, -0.25) is 4.79 Å². The van der Waals surface area contributed by atoms with Gasteiger partial charge in [-0.15, -0.1) is 0 Å². The van der Waals surface area contributed by atoms with Crippen molar-refractivity contribution >= 4 is 17.6 Å². The molecule has 7 heteroatoms. The number of halogens is 2. The van der Waals surface area contributed by atoms with Crippen LogP contribution >= 0.6 is 0 Å². The normalized spacial score (nSPS) is 11.6. The first-order chi connectivity index (χ1) is 9.93. The highest BCUT2D eigenvalue weighted by molar-refractivity contribution is 5.89. The Morgan fingerprint density at radius 2 is 2.00 bits per heavy atom. The maximum atomic E-state index is 13.3. The molecule has 0 aliphatic carbocycles. The van der Waals surface area contributed by atoms with Gasteiger partial charge in [-0.1, -0.05) is 13.0 Å². The van der Waals surface area contributed by atoms with Crippen molar-refractivity contribution in [3.63, 3.8) is 0 Å². The Hall–Kier alpha value is -2.18. The first-order valence-electron chi connectivity index (χ1n) is 6.72. The lowest BCUT2D eigenvalue weighted by molar-refractivity contribution is -0.121. The number of hydrogen-bond donors (Lipinski definition) is 3. The second-order valence-corrected chi connectivity index (χ2v) is 4.61. The van der Waals surface area contributed by atoms with E-state index in [0.717, 1.165) is 12.5 Å². The molecule has 0 aliphatic heterocycles. The molecule has 0 saturated carbocycles. The van der Waals surface area contributed by atoms with Gasteiger partial charge >= 0.3 is 6.03 Å². The van der Waals surface area contributed by atoms with Crippen LogP contribution in [0.25, 0.3) is 0 Å². The summed E-state index contributed by atoms with van der Waals surface area (Å²) in [5.41, 5.74) is -0.253. The van der Waals surface area contributed by atoms with Crippen LogP contribution < -0.4 is 16.0 Å². The molecule has 21 heavy (non-hydrogen) atoms. The summed E-state index contributed by atoms with van der Waals surface area (Å²) in [5.74, 6) is -2.34. The van der Waals surface area contributed by atoms with E-state index in [4.69, 9.17) is 0 Å². The molecule has 1 aromatic carbocycles. The number of carbonyl (C=O) groups excluding carboxylic acids is 2. The van der Waals surface area contributed by atoms with Crippen LogP contribution in [-0.2, 0) is 4.79 Å². The molecule has 1 atom stereocenters. The van der Waals surface area contributed by atoms with E-state index in [-0.39, 0.29) is 30.6 Å². The van der Waals surface area contributed by atoms with E-state index in [9.17, 15) is 18.4 Å². The molecule has 1 aromatic rings. The van der Waals surface area contributed by atoms with Crippen molar-refractivity contribution in [2.75, 3.05) is 11.9 Å². The van der Waals surface area contributed by atoms with E-state index in [1.807, 2.05) is 13.8 Å². The average Bonchev–Trinajstić information content (AvgIpc) is 2.43. The highest BCUT2D eigenvalue weighted by Crippen LogP contribution is 2.16. The smallest absolute Gasteiger partial charge is 0.319 e. The van der Waals surface area contributed by atoms with Crippen molar-refractivity contribution < 1.29 is 18.4 Å². The van der Waals surface area contributed by atoms with E-state index < -0.39 is 17.7 Å². The van der Waals surface area contributed by atoms with Gasteiger partial charge in [0.15, 0.2) is 11.6 Å². The number of urea groups is 1. The quantitative estimate of drug-likeness (QED) is 0.755. The fourth-order valence-electron chi connectivity index (χ4n) is 1.51. The lowest BCUT2D eigenvalue weighted by atomic mass is 10.2. The summed E-state index contributed by atoms with van der Waals surface area (Å²) in [7, 11) is 0. The van der Waals surface area contributed by atoms with Gasteiger partial charge in [-0.05, 0) is 25.5 Å². The number of amides is 3. The molecule has 1 unspecified atom stereocenters. The van der Waals surface area contributed by atoms with Crippen molar-refractivity contribution in [2.45, 2.75) is 32.7 Å². The number of rotatable bonds is 6. The molecule has 1 rings (SSSR count). The maximum Gasteiger partial charge on any atom is 0.319 e. The van der Waals surface area contributed by atoms with Gasteiger partial charge in [0, 0.05) is 19.0 Å². The van der Waals surface area contributed by atoms with Crippen LogP contribution in [0, 0.1) is 11.6 Å². The molecule has 3 N–H and O–H groups in total. The number of anilines is 1. The molecule has 0 aromatic heterocycles. The number of carbonyl (C=O) groups is 2. The number of nitrogens with one attached hydrogen (secondary N) is 3. The lowest BCUT2D eigenvalue weighted by Gasteiger charge is -2.12. The highest BCUT2D eigenvalue weighted by atomic mass is 19.2. The highest BCUT2D eigenvalue weighted by Gasteiger charge is 2.11. The minimum absolute atomic E-state index is 0.0766. The van der Waals surface area contributed by atoms with Gasteiger partial charge in [-0.25, -0.2) is 13.6 Å². The summed E-state index contributed by atoms with van der Waals surface area (Å²) >= 11 is 0. The van der Waals surface area contributed by atoms with Crippen molar-refractivity contribution in [2.24, 2.45) is 0 Å². The molecule has 0 aliphatic rings. The van der Waals surface area contributed by atoms with Crippen molar-refractivity contribution in [1.29, 1.82) is 0 Å². The van der Waals surface area contributed by atoms with Crippen LogP contribution in [-0.4, -0.2) is 24.5 Å². The zero-order valence-corrected chi connectivity index (χ0v) is 12.0. The Morgan fingerprint density at radius 1 is 1.29 bits per heavy atom. The zero-order chi connectivity index (χ0) is 15.8. The van der Waals surface area contributed by atoms with E-state index in [2.05, 4.69) is 16.0 Å². The summed E-state index contributed by atoms with van der Waals surface area (Å²) in [6.07, 6.45) is 0.932. The summed E-state index contributed by atoms with van der Waals surface area (Å²) in [6.45, 7) is 3.93. The SMILES string of the molecule is CCC(C)NC(=O)CCNC(=O)Nc1cccc(F)c1F. The van der Waals surface area contributed by atoms with Crippen LogP contribution in [0.1, 0.15) is 26.7 Å². The summed E-state index contributed by atoms with van der Waals surface area (Å²) in [5, 5.41) is 7.33. The molecule has 5 nitrogen and oxygen atoms in total. The van der Waals surface area contributed by atoms with Gasteiger partial charge in [0.05, 0.1) is 5.69 Å². The Balaban J connectivity index is 2.35. The summed E-state index contributed by atoms with van der Waals surface area (Å²) in [4.78, 5) is 23.0. The van der Waals surface area contributed by atoms with Gasteiger partial charge < -0.3 is 16.0 Å². The third-order valence-corrected chi connectivity index (χ3v) is 2.86. The second kappa shape index (κ2) is 8.18. The van der Waals surface area contributed by atoms with Crippen molar-refractivity contribution in [3.8, 4) is 0 Å². The van der Waals surface area contributed by atoms with Crippen LogP contribution in [0.2, 0.25) is 0 Å². The largest absolute Gasteiger partial charge is 0.354 e. The predicted octanol–water partition coefficient (Wildman–Crippen LogP) is 2.39. The molecule has 3 amide bonds. The van der Waals surface area contributed by atoms with Crippen LogP contribution in [0.4, 0.5) is 19.3 Å². The van der Waals surface area contributed by atoms with Crippen LogP contribution in [0.15, 0.2) is 18.2 Å². The minimum Gasteiger partial charge on any atom is -0.354 e. The van der Waals surface area contributed by atoms with E-state index in [1.54, 1.807) is 0 Å². The van der Waals surface area contributed by atoms with Crippen molar-refractivity contribution in [3.05, 3.63) is 29.8 Å². The molecular weight excluding hydrogens is 280 g/mol. The minimum atomic E-state index is -1.12. The van der Waals surface area contributed by atoms with E-state index in [1.165, 1.54) is 12.1 Å². The average molecular weight is 299 g/mol. The van der Waals surface area contributed by atoms with Crippen molar-refractivity contribution in [1.82, 2.24) is 10.6 Å². The number of hydrogen-bond acceptors (Lipinski definition) is 2. The fraction of sp³-hybridized carbons (Fsp3) is 0.429. The fourth-order valence-corrected chi connectivity index (χ4v) is 1.51. The van der Waals surface area contributed by atoms with Gasteiger partial charge in [0.25, 0.3) is 0 Å². The molecule has 0 bridgehead atoms. The van der Waals surface area contributed by atoms with Gasteiger partial charge in [-0.2, -0.15) is 0 Å². The van der Waals surface area contributed by atoms with Crippen LogP contribution in [0.5, 0.6) is 0 Å². The molecule has 0 radical (unpaired) electrons. The van der Waals surface area contributed by atoms with E-state index >= 15 is 0 Å². The second-order valence-electron chi connectivity index (χ2n) is 4.61. The third-order valence-electron chi connectivity index (χ3n) is 2.86. The molecule has 0 spiro atoms. The summed E-state index contributed by atoms with van der Waals surface area (Å²) in [6, 6.07) is 2.86. The Morgan fingerprint density at radius 3 is 2.67 bits per heavy atom. The topological polar surface area (TPSA) is 70.2 Å². The monoisotopic (exact) mass is 299 g/mol. The first-order valence-corrected chi connectivity index (χ1v) is 6.72. The Kier molecular flexibility index (Phi) is 6.58. The molecular formula is C14H19F2N3O2. The first kappa shape index (κ1) is 16.9. The molecule has 0 saturated heterocycles. The Labute approximate surface area is 122 Å². The molecule has 0 heterocycles. The number of benzene rings is 1.